The molecule has 0 aliphatic rings. The van der Waals surface area contributed by atoms with Gasteiger partial charge in [0.2, 0.25) is 0 Å². The smallest absolute Gasteiger partial charge is 0.340 e. The zero-order chi connectivity index (χ0) is 12.3. The van der Waals surface area contributed by atoms with E-state index in [1.54, 1.807) is 23.5 Å². The van der Waals surface area contributed by atoms with Crippen molar-refractivity contribution >= 4 is 23.0 Å². The number of carbonyl (C=O) groups is 1. The molecular formula is C13H13NO2S. The molecule has 0 radical (unpaired) electrons. The topological polar surface area (TPSA) is 52.3 Å². The number of thiophene rings is 1. The Hall–Kier alpha value is -1.81. The number of anilines is 1. The number of carbonyl (C=O) groups excluding carboxylic acids is 1. The second-order valence-corrected chi connectivity index (χ2v) is 4.52. The molecule has 0 saturated heterocycles. The van der Waals surface area contributed by atoms with Crippen molar-refractivity contribution in [2.45, 2.75) is 13.5 Å². The Morgan fingerprint density at radius 1 is 1.41 bits per heavy atom. The van der Waals surface area contributed by atoms with E-state index < -0.39 is 0 Å². The number of para-hydroxylation sites is 1. The second-order valence-electron chi connectivity index (χ2n) is 3.74. The number of hydrogen-bond donors (Lipinski definition) is 1. The van der Waals surface area contributed by atoms with Gasteiger partial charge in [0, 0.05) is 11.3 Å². The van der Waals surface area contributed by atoms with Crippen LogP contribution >= 0.6 is 11.3 Å². The summed E-state index contributed by atoms with van der Waals surface area (Å²) >= 11 is 1.58. The molecule has 2 aromatic rings. The van der Waals surface area contributed by atoms with Crippen LogP contribution in [0.5, 0.6) is 0 Å². The van der Waals surface area contributed by atoms with Gasteiger partial charge in [0.25, 0.3) is 0 Å². The minimum Gasteiger partial charge on any atom is -0.457 e. The van der Waals surface area contributed by atoms with Gasteiger partial charge >= 0.3 is 5.97 Å². The number of nitrogen functional groups attached to an aromatic ring is 1. The average Bonchev–Trinajstić information content (AvgIpc) is 2.82. The third kappa shape index (κ3) is 2.65. The van der Waals surface area contributed by atoms with Gasteiger partial charge in [0.1, 0.15) is 6.61 Å². The zero-order valence-electron chi connectivity index (χ0n) is 9.47. The molecule has 2 rings (SSSR count). The van der Waals surface area contributed by atoms with Gasteiger partial charge < -0.3 is 10.5 Å². The summed E-state index contributed by atoms with van der Waals surface area (Å²) in [5.74, 6) is -0.377. The predicted molar refractivity (Wildman–Crippen MR) is 69.0 cm³/mol. The molecule has 1 aromatic carbocycles. The first kappa shape index (κ1) is 11.7. The maximum Gasteiger partial charge on any atom is 0.340 e. The molecule has 0 aliphatic heterocycles. The van der Waals surface area contributed by atoms with E-state index in [0.717, 1.165) is 11.1 Å². The normalized spacial score (nSPS) is 10.2. The van der Waals surface area contributed by atoms with E-state index in [2.05, 4.69) is 0 Å². The number of rotatable bonds is 3. The van der Waals surface area contributed by atoms with Crippen molar-refractivity contribution in [1.29, 1.82) is 0 Å². The molecule has 1 aromatic heterocycles. The van der Waals surface area contributed by atoms with E-state index in [1.807, 2.05) is 29.8 Å². The van der Waals surface area contributed by atoms with Crippen molar-refractivity contribution in [3.05, 3.63) is 51.7 Å². The lowest BCUT2D eigenvalue weighted by molar-refractivity contribution is 0.0474. The Balaban J connectivity index is 2.07. The maximum atomic E-state index is 11.8. The Bertz CT molecular complexity index is 520. The summed E-state index contributed by atoms with van der Waals surface area (Å²) in [7, 11) is 0. The first-order valence-electron chi connectivity index (χ1n) is 5.22. The van der Waals surface area contributed by atoms with Crippen molar-refractivity contribution in [2.24, 2.45) is 0 Å². The average molecular weight is 247 g/mol. The maximum absolute atomic E-state index is 11.8. The van der Waals surface area contributed by atoms with E-state index in [9.17, 15) is 4.79 Å². The van der Waals surface area contributed by atoms with Crippen LogP contribution in [0.25, 0.3) is 0 Å². The Kier molecular flexibility index (Phi) is 3.44. The largest absolute Gasteiger partial charge is 0.457 e. The molecule has 0 bridgehead atoms. The van der Waals surface area contributed by atoms with Gasteiger partial charge in [-0.25, -0.2) is 4.79 Å². The number of aryl methyl sites for hydroxylation is 1. The van der Waals surface area contributed by atoms with Gasteiger partial charge in [-0.3, -0.25) is 0 Å². The van der Waals surface area contributed by atoms with Crippen LogP contribution in [0.4, 0.5) is 5.69 Å². The molecule has 0 saturated carbocycles. The molecule has 0 unspecified atom stereocenters. The highest BCUT2D eigenvalue weighted by atomic mass is 32.1. The molecule has 0 aliphatic carbocycles. The summed E-state index contributed by atoms with van der Waals surface area (Å²) in [6.45, 7) is 2.15. The first-order valence-corrected chi connectivity index (χ1v) is 6.16. The van der Waals surface area contributed by atoms with E-state index >= 15 is 0 Å². The van der Waals surface area contributed by atoms with Gasteiger partial charge in [-0.15, -0.1) is 0 Å². The molecule has 0 fully saturated rings. The fraction of sp³-hybridized carbons (Fsp3) is 0.154. The monoisotopic (exact) mass is 247 g/mol. The zero-order valence-corrected chi connectivity index (χ0v) is 10.3. The fourth-order valence-corrected chi connectivity index (χ4v) is 2.11. The standard InChI is InChI=1S/C13H13NO2S/c1-9-3-2-4-11(12(9)14)13(15)16-7-10-5-6-17-8-10/h2-6,8H,7,14H2,1H3. The van der Waals surface area contributed by atoms with E-state index in [1.165, 1.54) is 0 Å². The molecule has 2 N–H and O–H groups in total. The van der Waals surface area contributed by atoms with Crippen LogP contribution in [0.1, 0.15) is 21.5 Å². The fourth-order valence-electron chi connectivity index (χ4n) is 1.46. The van der Waals surface area contributed by atoms with Crippen LogP contribution < -0.4 is 5.73 Å². The highest BCUT2D eigenvalue weighted by Crippen LogP contribution is 2.18. The summed E-state index contributed by atoms with van der Waals surface area (Å²) in [4.78, 5) is 11.8. The third-order valence-corrected chi connectivity index (χ3v) is 3.23. The minimum absolute atomic E-state index is 0.287. The van der Waals surface area contributed by atoms with Crippen LogP contribution in [0.15, 0.2) is 35.0 Å². The highest BCUT2D eigenvalue weighted by molar-refractivity contribution is 7.07. The summed E-state index contributed by atoms with van der Waals surface area (Å²) in [6, 6.07) is 7.27. The van der Waals surface area contributed by atoms with E-state index in [4.69, 9.17) is 10.5 Å². The van der Waals surface area contributed by atoms with E-state index in [0.29, 0.717) is 11.3 Å². The molecule has 1 heterocycles. The molecule has 0 amide bonds. The number of benzene rings is 1. The third-order valence-electron chi connectivity index (χ3n) is 2.49. The molecule has 4 heteroatoms. The second kappa shape index (κ2) is 5.01. The van der Waals surface area contributed by atoms with Gasteiger partial charge in [-0.2, -0.15) is 11.3 Å². The molecule has 3 nitrogen and oxygen atoms in total. The van der Waals surface area contributed by atoms with Gasteiger partial charge in [-0.1, -0.05) is 12.1 Å². The first-order chi connectivity index (χ1) is 8.18. The molecule has 0 spiro atoms. The van der Waals surface area contributed by atoms with Crippen molar-refractivity contribution in [1.82, 2.24) is 0 Å². The Morgan fingerprint density at radius 2 is 2.24 bits per heavy atom. The number of nitrogens with two attached hydrogens (primary N) is 1. The van der Waals surface area contributed by atoms with E-state index in [-0.39, 0.29) is 12.6 Å². The van der Waals surface area contributed by atoms with Crippen LogP contribution in [0, 0.1) is 6.92 Å². The van der Waals surface area contributed by atoms with Crippen molar-refractivity contribution in [3.8, 4) is 0 Å². The number of ether oxygens (including phenoxy) is 1. The number of esters is 1. The lowest BCUT2D eigenvalue weighted by Gasteiger charge is -2.07. The lowest BCUT2D eigenvalue weighted by atomic mass is 10.1. The quantitative estimate of drug-likeness (QED) is 0.670. The number of hydrogen-bond acceptors (Lipinski definition) is 4. The van der Waals surface area contributed by atoms with Crippen molar-refractivity contribution < 1.29 is 9.53 Å². The lowest BCUT2D eigenvalue weighted by Crippen LogP contribution is -2.08. The van der Waals surface area contributed by atoms with Crippen LogP contribution in [-0.4, -0.2) is 5.97 Å². The van der Waals surface area contributed by atoms with Crippen LogP contribution in [-0.2, 0) is 11.3 Å². The van der Waals surface area contributed by atoms with Crippen LogP contribution in [0.2, 0.25) is 0 Å². The molecule has 0 atom stereocenters. The van der Waals surface area contributed by atoms with Gasteiger partial charge in [-0.05, 0) is 35.4 Å². The SMILES string of the molecule is Cc1cccc(C(=O)OCc2ccsc2)c1N. The van der Waals surface area contributed by atoms with Gasteiger partial charge in [0.05, 0.1) is 5.56 Å². The predicted octanol–water partition coefficient (Wildman–Crippen LogP) is 3.00. The summed E-state index contributed by atoms with van der Waals surface area (Å²) in [5, 5.41) is 3.90. The van der Waals surface area contributed by atoms with Crippen molar-refractivity contribution in [3.63, 3.8) is 0 Å². The Labute approximate surface area is 104 Å². The van der Waals surface area contributed by atoms with Crippen molar-refractivity contribution in [2.75, 3.05) is 5.73 Å². The summed E-state index contributed by atoms with van der Waals surface area (Å²) in [5.41, 5.74) is 8.63. The molecular weight excluding hydrogens is 234 g/mol. The molecule has 88 valence electrons. The Morgan fingerprint density at radius 3 is 2.94 bits per heavy atom. The summed E-state index contributed by atoms with van der Waals surface area (Å²) < 4.78 is 5.20. The molecule has 17 heavy (non-hydrogen) atoms. The van der Waals surface area contributed by atoms with Gasteiger partial charge in [0.15, 0.2) is 0 Å². The summed E-state index contributed by atoms with van der Waals surface area (Å²) in [6.07, 6.45) is 0. The minimum atomic E-state index is -0.377. The van der Waals surface area contributed by atoms with Crippen LogP contribution in [0.3, 0.4) is 0 Å². The highest BCUT2D eigenvalue weighted by Gasteiger charge is 2.12.